The van der Waals surface area contributed by atoms with Crippen molar-refractivity contribution < 1.29 is 8.42 Å². The molecule has 0 aliphatic carbocycles. The van der Waals surface area contributed by atoms with E-state index in [1.807, 2.05) is 11.9 Å². The molecule has 2 N–H and O–H groups in total. The number of hydrogen-bond acceptors (Lipinski definition) is 5. The van der Waals surface area contributed by atoms with E-state index in [2.05, 4.69) is 12.0 Å². The van der Waals surface area contributed by atoms with E-state index in [0.29, 0.717) is 25.2 Å². The number of anilines is 2. The Morgan fingerprint density at radius 3 is 2.74 bits per heavy atom. The van der Waals surface area contributed by atoms with Gasteiger partial charge < -0.3 is 10.6 Å². The van der Waals surface area contributed by atoms with Gasteiger partial charge >= 0.3 is 0 Å². The third kappa shape index (κ3) is 3.02. The van der Waals surface area contributed by atoms with Crippen LogP contribution in [-0.4, -0.2) is 42.8 Å². The van der Waals surface area contributed by atoms with E-state index in [4.69, 9.17) is 5.73 Å². The molecule has 0 aromatic carbocycles. The molecule has 2 rings (SSSR count). The number of aromatic nitrogens is 2. The minimum atomic E-state index is -2.90. The highest BCUT2D eigenvalue weighted by atomic mass is 32.2. The molecular formula is C12H22N4O2S. The Kier molecular flexibility index (Phi) is 4.03. The second kappa shape index (κ2) is 5.40. The first-order valence-corrected chi connectivity index (χ1v) is 8.53. The predicted octanol–water partition coefficient (Wildman–Crippen LogP) is 0.580. The summed E-state index contributed by atoms with van der Waals surface area (Å²) in [5, 5.41) is 4.44. The van der Waals surface area contributed by atoms with Crippen LogP contribution in [0, 0.1) is 0 Å². The molecule has 0 amide bonds. The molecule has 7 heteroatoms. The molecule has 6 nitrogen and oxygen atoms in total. The van der Waals surface area contributed by atoms with Crippen molar-refractivity contribution in [3.63, 3.8) is 0 Å². The van der Waals surface area contributed by atoms with Crippen molar-refractivity contribution in [2.45, 2.75) is 26.2 Å². The lowest BCUT2D eigenvalue weighted by atomic mass is 10.2. The van der Waals surface area contributed by atoms with Crippen molar-refractivity contribution in [2.75, 3.05) is 35.2 Å². The van der Waals surface area contributed by atoms with Crippen molar-refractivity contribution in [2.24, 2.45) is 7.05 Å². The number of nitrogens with two attached hydrogens (primary N) is 1. The van der Waals surface area contributed by atoms with Crippen molar-refractivity contribution in [1.29, 1.82) is 0 Å². The molecule has 2 heterocycles. The number of hydrogen-bond donors (Lipinski definition) is 1. The van der Waals surface area contributed by atoms with Gasteiger partial charge in [-0.3, -0.25) is 4.68 Å². The van der Waals surface area contributed by atoms with Gasteiger partial charge in [-0.05, 0) is 12.8 Å². The van der Waals surface area contributed by atoms with Crippen LogP contribution in [0.15, 0.2) is 0 Å². The van der Waals surface area contributed by atoms with Crippen LogP contribution >= 0.6 is 0 Å². The summed E-state index contributed by atoms with van der Waals surface area (Å²) in [5.74, 6) is 1.32. The Bertz CT molecular complexity index is 550. The van der Waals surface area contributed by atoms with Crippen LogP contribution in [0.25, 0.3) is 0 Å². The highest BCUT2D eigenvalue weighted by Gasteiger charge is 2.24. The SMILES string of the molecule is CCCc1nn(C)c(N2CCCS(=O)(=O)CC2)c1N. The van der Waals surface area contributed by atoms with Crippen molar-refractivity contribution in [3.8, 4) is 0 Å². The Labute approximate surface area is 114 Å². The Morgan fingerprint density at radius 2 is 2.05 bits per heavy atom. The Balaban J connectivity index is 2.26. The molecule has 1 aromatic rings. The van der Waals surface area contributed by atoms with E-state index in [-0.39, 0.29) is 11.5 Å². The van der Waals surface area contributed by atoms with Gasteiger partial charge in [0.25, 0.3) is 0 Å². The highest BCUT2D eigenvalue weighted by Crippen LogP contribution is 2.28. The van der Waals surface area contributed by atoms with Gasteiger partial charge in [-0.2, -0.15) is 5.10 Å². The summed E-state index contributed by atoms with van der Waals surface area (Å²) in [5.41, 5.74) is 7.77. The summed E-state index contributed by atoms with van der Waals surface area (Å²) in [4.78, 5) is 2.05. The van der Waals surface area contributed by atoms with Crippen LogP contribution < -0.4 is 10.6 Å². The second-order valence-corrected chi connectivity index (χ2v) is 7.35. The smallest absolute Gasteiger partial charge is 0.152 e. The predicted molar refractivity (Wildman–Crippen MR) is 77.1 cm³/mol. The van der Waals surface area contributed by atoms with Crippen LogP contribution in [0.4, 0.5) is 11.5 Å². The third-order valence-corrected chi connectivity index (χ3v) is 5.19. The zero-order valence-electron chi connectivity index (χ0n) is 11.6. The summed E-state index contributed by atoms with van der Waals surface area (Å²) in [6, 6.07) is 0. The van der Waals surface area contributed by atoms with E-state index in [1.54, 1.807) is 4.68 Å². The third-order valence-electron chi connectivity index (χ3n) is 3.47. The standard InChI is InChI=1S/C12H22N4O2S/c1-3-5-10-11(13)12(15(2)14-10)16-6-4-8-19(17,18)9-7-16/h3-9,13H2,1-2H3. The minimum Gasteiger partial charge on any atom is -0.394 e. The highest BCUT2D eigenvalue weighted by molar-refractivity contribution is 7.91. The van der Waals surface area contributed by atoms with Crippen molar-refractivity contribution in [1.82, 2.24) is 9.78 Å². The van der Waals surface area contributed by atoms with E-state index < -0.39 is 9.84 Å². The van der Waals surface area contributed by atoms with Gasteiger partial charge in [0.05, 0.1) is 22.9 Å². The monoisotopic (exact) mass is 286 g/mol. The Morgan fingerprint density at radius 1 is 1.32 bits per heavy atom. The van der Waals surface area contributed by atoms with Crippen LogP contribution in [0.2, 0.25) is 0 Å². The molecule has 0 unspecified atom stereocenters. The average Bonchev–Trinajstić information content (AvgIpc) is 2.50. The van der Waals surface area contributed by atoms with Gasteiger partial charge in [0.1, 0.15) is 5.82 Å². The number of nitrogens with zero attached hydrogens (tertiary/aromatic N) is 3. The molecule has 1 aliphatic heterocycles. The van der Waals surface area contributed by atoms with Gasteiger partial charge in [-0.25, -0.2) is 8.42 Å². The summed E-state index contributed by atoms with van der Waals surface area (Å²) in [7, 11) is -1.04. The molecular weight excluding hydrogens is 264 g/mol. The zero-order chi connectivity index (χ0) is 14.0. The molecule has 108 valence electrons. The first-order chi connectivity index (χ1) is 8.94. The number of rotatable bonds is 3. The topological polar surface area (TPSA) is 81.2 Å². The number of aryl methyl sites for hydroxylation is 2. The molecule has 1 saturated heterocycles. The minimum absolute atomic E-state index is 0.195. The zero-order valence-corrected chi connectivity index (χ0v) is 12.4. The fraction of sp³-hybridized carbons (Fsp3) is 0.750. The first kappa shape index (κ1) is 14.2. The Hall–Kier alpha value is -1.24. The maximum Gasteiger partial charge on any atom is 0.152 e. The van der Waals surface area contributed by atoms with Gasteiger partial charge in [-0.15, -0.1) is 0 Å². The van der Waals surface area contributed by atoms with E-state index >= 15 is 0 Å². The van der Waals surface area contributed by atoms with E-state index in [1.165, 1.54) is 0 Å². The van der Waals surface area contributed by atoms with Crippen LogP contribution in [-0.2, 0) is 23.3 Å². The second-order valence-electron chi connectivity index (χ2n) is 5.05. The summed E-state index contributed by atoms with van der Waals surface area (Å²) in [6.07, 6.45) is 2.50. The fourth-order valence-electron chi connectivity index (χ4n) is 2.53. The molecule has 1 aliphatic rings. The summed E-state index contributed by atoms with van der Waals surface area (Å²) in [6.45, 7) is 3.30. The average molecular weight is 286 g/mol. The molecule has 0 bridgehead atoms. The molecule has 1 aromatic heterocycles. The first-order valence-electron chi connectivity index (χ1n) is 6.71. The largest absolute Gasteiger partial charge is 0.394 e. The van der Waals surface area contributed by atoms with Gasteiger partial charge in [0.2, 0.25) is 0 Å². The van der Waals surface area contributed by atoms with Crippen LogP contribution in [0.1, 0.15) is 25.5 Å². The van der Waals surface area contributed by atoms with Gasteiger partial charge in [0, 0.05) is 20.1 Å². The lowest BCUT2D eigenvalue weighted by Gasteiger charge is -2.22. The quantitative estimate of drug-likeness (QED) is 0.879. The maximum atomic E-state index is 11.6. The van der Waals surface area contributed by atoms with Crippen LogP contribution in [0.5, 0.6) is 0 Å². The molecule has 0 spiro atoms. The molecule has 0 radical (unpaired) electrons. The number of nitrogen functional groups attached to an aromatic ring is 1. The molecule has 0 saturated carbocycles. The molecule has 1 fully saturated rings. The normalized spacial score (nSPS) is 19.4. The molecule has 0 atom stereocenters. The van der Waals surface area contributed by atoms with Crippen molar-refractivity contribution in [3.05, 3.63) is 5.69 Å². The van der Waals surface area contributed by atoms with Gasteiger partial charge in [-0.1, -0.05) is 13.3 Å². The fourth-order valence-corrected chi connectivity index (χ4v) is 3.80. The summed E-state index contributed by atoms with van der Waals surface area (Å²) >= 11 is 0. The van der Waals surface area contributed by atoms with Crippen molar-refractivity contribution >= 4 is 21.3 Å². The molecule has 19 heavy (non-hydrogen) atoms. The summed E-state index contributed by atoms with van der Waals surface area (Å²) < 4.78 is 25.1. The lowest BCUT2D eigenvalue weighted by Crippen LogP contribution is -2.29. The van der Waals surface area contributed by atoms with E-state index in [0.717, 1.165) is 24.4 Å². The van der Waals surface area contributed by atoms with Crippen LogP contribution in [0.3, 0.4) is 0 Å². The van der Waals surface area contributed by atoms with Gasteiger partial charge in [0.15, 0.2) is 9.84 Å². The number of sulfone groups is 1. The van der Waals surface area contributed by atoms with E-state index in [9.17, 15) is 8.42 Å². The maximum absolute atomic E-state index is 11.6. The lowest BCUT2D eigenvalue weighted by molar-refractivity contribution is 0.597.